The molecule has 0 aliphatic carbocycles. The van der Waals surface area contributed by atoms with Crippen LogP contribution in [0.1, 0.15) is 39.3 Å². The lowest BCUT2D eigenvalue weighted by atomic mass is 10.1. The van der Waals surface area contributed by atoms with Gasteiger partial charge in [0.05, 0.1) is 6.61 Å². The highest BCUT2D eigenvalue weighted by molar-refractivity contribution is 5.99. The molecule has 0 saturated heterocycles. The van der Waals surface area contributed by atoms with Gasteiger partial charge in [0, 0.05) is 24.1 Å². The molecule has 0 radical (unpaired) electrons. The predicted molar refractivity (Wildman–Crippen MR) is 87.3 cm³/mol. The molecule has 1 aromatic heterocycles. The van der Waals surface area contributed by atoms with E-state index in [9.17, 15) is 9.59 Å². The highest BCUT2D eigenvalue weighted by atomic mass is 16.5. The Labute approximate surface area is 143 Å². The molecule has 132 valence electrons. The van der Waals surface area contributed by atoms with Crippen LogP contribution < -0.4 is 11.1 Å². The van der Waals surface area contributed by atoms with Crippen molar-refractivity contribution in [1.82, 2.24) is 20.5 Å². The molecule has 5 N–H and O–H groups in total. The number of carbonyl (C=O) groups is 2. The van der Waals surface area contributed by atoms with Gasteiger partial charge in [0.25, 0.3) is 11.7 Å². The summed E-state index contributed by atoms with van der Waals surface area (Å²) in [5, 5.41) is 20.6. The van der Waals surface area contributed by atoms with Crippen LogP contribution in [0.3, 0.4) is 0 Å². The fourth-order valence-corrected chi connectivity index (χ4v) is 1.94. The van der Waals surface area contributed by atoms with E-state index in [0.29, 0.717) is 29.9 Å². The van der Waals surface area contributed by atoms with Crippen LogP contribution in [0.2, 0.25) is 0 Å². The lowest BCUT2D eigenvalue weighted by molar-refractivity contribution is 0.0512. The molecule has 0 spiro atoms. The number of hydrogen-bond donors (Lipinski definition) is 4. The van der Waals surface area contributed by atoms with Crippen molar-refractivity contribution in [2.24, 2.45) is 10.9 Å². The summed E-state index contributed by atoms with van der Waals surface area (Å²) in [6, 6.07) is 6.28. The maximum absolute atomic E-state index is 12.0. The van der Waals surface area contributed by atoms with E-state index in [0.717, 1.165) is 0 Å². The fourth-order valence-electron chi connectivity index (χ4n) is 1.94. The summed E-state index contributed by atoms with van der Waals surface area (Å²) in [6.07, 6.45) is 0.375. The Kier molecular flexibility index (Phi) is 6.04. The Hall–Kier alpha value is -3.43. The van der Waals surface area contributed by atoms with Crippen molar-refractivity contribution in [2.75, 3.05) is 13.2 Å². The summed E-state index contributed by atoms with van der Waals surface area (Å²) < 4.78 is 4.79. The van der Waals surface area contributed by atoms with Crippen molar-refractivity contribution in [3.05, 3.63) is 47.0 Å². The van der Waals surface area contributed by atoms with E-state index in [-0.39, 0.29) is 24.2 Å². The van der Waals surface area contributed by atoms with Gasteiger partial charge in [0.2, 0.25) is 0 Å². The highest BCUT2D eigenvalue weighted by Gasteiger charge is 2.13. The molecule has 0 aliphatic rings. The van der Waals surface area contributed by atoms with Crippen molar-refractivity contribution in [3.8, 4) is 0 Å². The Morgan fingerprint density at radius 1 is 1.32 bits per heavy atom. The summed E-state index contributed by atoms with van der Waals surface area (Å²) in [5.41, 5.74) is 6.39. The minimum atomic E-state index is -0.597. The predicted octanol–water partition coefficient (Wildman–Crippen LogP) is 0.0484. The second-order valence-electron chi connectivity index (χ2n) is 4.89. The first-order chi connectivity index (χ1) is 12.0. The first kappa shape index (κ1) is 17.9. The topological polar surface area (TPSA) is 156 Å². The van der Waals surface area contributed by atoms with Crippen LogP contribution in [0.15, 0.2) is 29.4 Å². The van der Waals surface area contributed by atoms with Gasteiger partial charge >= 0.3 is 5.97 Å². The number of amidine groups is 1. The monoisotopic (exact) mass is 346 g/mol. The van der Waals surface area contributed by atoms with Crippen LogP contribution in [-0.2, 0) is 11.2 Å². The zero-order valence-corrected chi connectivity index (χ0v) is 13.5. The fraction of sp³-hybridized carbons (Fsp3) is 0.267. The Bertz CT molecular complexity index is 769. The molecule has 0 saturated carbocycles. The first-order valence-corrected chi connectivity index (χ1v) is 7.49. The average molecular weight is 346 g/mol. The van der Waals surface area contributed by atoms with E-state index >= 15 is 0 Å². The SMILES string of the molecule is CCOC(=O)c1n[nH]c(CCNC(=O)c2ccc(/C(N)=N/O)cc2)n1. The standard InChI is InChI=1S/C15H18N6O4/c1-2-25-15(23)13-18-11(19-20-13)7-8-17-14(22)10-5-3-9(4-6-10)12(16)21-24/h3-6,24H,2,7-8H2,1H3,(H2,16,21)(H,17,22)(H,18,19,20). The zero-order chi connectivity index (χ0) is 18.2. The summed E-state index contributed by atoms with van der Waals surface area (Å²) in [5.74, 6) is -0.488. The van der Waals surface area contributed by atoms with E-state index in [1.54, 1.807) is 31.2 Å². The average Bonchev–Trinajstić information content (AvgIpc) is 3.10. The molecular formula is C15H18N6O4. The molecule has 0 bridgehead atoms. The van der Waals surface area contributed by atoms with Crippen molar-refractivity contribution < 1.29 is 19.5 Å². The molecule has 1 aromatic carbocycles. The molecule has 10 heteroatoms. The molecule has 0 atom stereocenters. The third kappa shape index (κ3) is 4.77. The van der Waals surface area contributed by atoms with Gasteiger partial charge < -0.3 is 21.0 Å². The van der Waals surface area contributed by atoms with Gasteiger partial charge in [-0.05, 0) is 19.1 Å². The molecule has 0 unspecified atom stereocenters. The number of ether oxygens (including phenoxy) is 1. The van der Waals surface area contributed by atoms with Gasteiger partial charge in [0.15, 0.2) is 5.84 Å². The lowest BCUT2D eigenvalue weighted by Crippen LogP contribution is -2.26. The van der Waals surface area contributed by atoms with Crippen molar-refractivity contribution in [1.29, 1.82) is 0 Å². The summed E-state index contributed by atoms with van der Waals surface area (Å²) in [4.78, 5) is 27.5. The minimum Gasteiger partial charge on any atom is -0.460 e. The number of benzene rings is 1. The Morgan fingerprint density at radius 2 is 2.00 bits per heavy atom. The Balaban J connectivity index is 1.85. The van der Waals surface area contributed by atoms with Gasteiger partial charge in [-0.3, -0.25) is 9.89 Å². The molecule has 2 rings (SSSR count). The van der Waals surface area contributed by atoms with Crippen LogP contribution >= 0.6 is 0 Å². The molecule has 0 fully saturated rings. The van der Waals surface area contributed by atoms with Gasteiger partial charge in [-0.1, -0.05) is 17.3 Å². The first-order valence-electron chi connectivity index (χ1n) is 7.49. The summed E-state index contributed by atoms with van der Waals surface area (Å²) >= 11 is 0. The molecule has 10 nitrogen and oxygen atoms in total. The van der Waals surface area contributed by atoms with E-state index < -0.39 is 5.97 Å². The van der Waals surface area contributed by atoms with Gasteiger partial charge in [0.1, 0.15) is 5.82 Å². The van der Waals surface area contributed by atoms with Crippen molar-refractivity contribution in [3.63, 3.8) is 0 Å². The molecule has 25 heavy (non-hydrogen) atoms. The van der Waals surface area contributed by atoms with Crippen molar-refractivity contribution >= 4 is 17.7 Å². The van der Waals surface area contributed by atoms with Crippen LogP contribution in [0.4, 0.5) is 0 Å². The zero-order valence-electron chi connectivity index (χ0n) is 13.5. The largest absolute Gasteiger partial charge is 0.460 e. The van der Waals surface area contributed by atoms with Crippen molar-refractivity contribution in [2.45, 2.75) is 13.3 Å². The van der Waals surface area contributed by atoms with Crippen LogP contribution in [-0.4, -0.2) is 51.3 Å². The number of aromatic nitrogens is 3. The highest BCUT2D eigenvalue weighted by Crippen LogP contribution is 2.04. The number of amides is 1. The number of oxime groups is 1. The summed E-state index contributed by atoms with van der Waals surface area (Å²) in [6.45, 7) is 2.24. The number of H-pyrrole nitrogens is 1. The molecule has 1 amide bonds. The van der Waals surface area contributed by atoms with Gasteiger partial charge in [-0.15, -0.1) is 5.10 Å². The number of nitrogens with one attached hydrogen (secondary N) is 2. The molecule has 0 aliphatic heterocycles. The number of carbonyl (C=O) groups excluding carboxylic acids is 2. The lowest BCUT2D eigenvalue weighted by Gasteiger charge is -2.05. The molecule has 1 heterocycles. The number of rotatable bonds is 7. The number of hydrogen-bond acceptors (Lipinski definition) is 7. The number of aromatic amines is 1. The van der Waals surface area contributed by atoms with E-state index in [1.807, 2.05) is 0 Å². The molecular weight excluding hydrogens is 328 g/mol. The normalized spacial score (nSPS) is 11.2. The maximum atomic E-state index is 12.0. The minimum absolute atomic E-state index is 0.0327. The van der Waals surface area contributed by atoms with Gasteiger partial charge in [-0.25, -0.2) is 9.78 Å². The van der Waals surface area contributed by atoms with E-state index in [2.05, 4.69) is 25.7 Å². The van der Waals surface area contributed by atoms with Gasteiger partial charge in [-0.2, -0.15) is 0 Å². The second kappa shape index (κ2) is 8.43. The molecule has 2 aromatic rings. The Morgan fingerprint density at radius 3 is 2.64 bits per heavy atom. The van der Waals surface area contributed by atoms with Crippen LogP contribution in [0, 0.1) is 0 Å². The number of esters is 1. The number of nitrogens with two attached hydrogens (primary N) is 1. The second-order valence-corrected chi connectivity index (χ2v) is 4.89. The smallest absolute Gasteiger partial charge is 0.378 e. The third-order valence-electron chi connectivity index (χ3n) is 3.19. The third-order valence-corrected chi connectivity index (χ3v) is 3.19. The van der Waals surface area contributed by atoms with Crippen LogP contribution in [0.25, 0.3) is 0 Å². The number of nitrogens with zero attached hydrogens (tertiary/aromatic N) is 3. The quantitative estimate of drug-likeness (QED) is 0.181. The van der Waals surface area contributed by atoms with E-state index in [4.69, 9.17) is 15.7 Å². The van der Waals surface area contributed by atoms with Crippen LogP contribution in [0.5, 0.6) is 0 Å². The van der Waals surface area contributed by atoms with E-state index in [1.165, 1.54) is 0 Å². The summed E-state index contributed by atoms with van der Waals surface area (Å²) in [7, 11) is 0. The maximum Gasteiger partial charge on any atom is 0.378 e.